The van der Waals surface area contributed by atoms with Crippen molar-refractivity contribution in [3.8, 4) is 11.1 Å². The van der Waals surface area contributed by atoms with E-state index in [0.717, 1.165) is 31.9 Å². The molecule has 1 radical (unpaired) electrons. The predicted octanol–water partition coefficient (Wildman–Crippen LogP) is 3.30. The summed E-state index contributed by atoms with van der Waals surface area (Å²) in [5, 5.41) is 0. The van der Waals surface area contributed by atoms with Crippen LogP contribution in [-0.4, -0.2) is 26.3 Å². The molecule has 1 fully saturated rings. The van der Waals surface area contributed by atoms with Gasteiger partial charge in [-0.2, -0.15) is 0 Å². The number of morpholine rings is 1. The molecule has 0 spiro atoms. The maximum absolute atomic E-state index is 5.37. The third-order valence-electron chi connectivity index (χ3n) is 3.54. The summed E-state index contributed by atoms with van der Waals surface area (Å²) in [5.41, 5.74) is 4.89. The number of aryl methyl sites for hydroxylation is 1. The molecule has 2 heteroatoms. The molecule has 0 N–H and O–H groups in total. The van der Waals surface area contributed by atoms with Gasteiger partial charge in [-0.3, -0.25) is 0 Å². The number of anilines is 1. The molecule has 0 unspecified atom stereocenters. The molecule has 1 heterocycles. The lowest BCUT2D eigenvalue weighted by atomic mass is 10.0. The zero-order valence-electron chi connectivity index (χ0n) is 11.2. The van der Waals surface area contributed by atoms with Crippen molar-refractivity contribution >= 4 is 5.69 Å². The summed E-state index contributed by atoms with van der Waals surface area (Å²) in [5.74, 6) is 0. The summed E-state index contributed by atoms with van der Waals surface area (Å²) in [4.78, 5) is 2.35. The Morgan fingerprint density at radius 1 is 1.00 bits per heavy atom. The van der Waals surface area contributed by atoms with Gasteiger partial charge in [0.1, 0.15) is 0 Å². The Morgan fingerprint density at radius 3 is 2.37 bits per heavy atom. The van der Waals surface area contributed by atoms with Crippen LogP contribution in [0.15, 0.2) is 42.5 Å². The van der Waals surface area contributed by atoms with Gasteiger partial charge in [-0.1, -0.05) is 35.9 Å². The van der Waals surface area contributed by atoms with Gasteiger partial charge in [0, 0.05) is 18.8 Å². The summed E-state index contributed by atoms with van der Waals surface area (Å²) in [7, 11) is 0. The Labute approximate surface area is 114 Å². The van der Waals surface area contributed by atoms with Crippen LogP contribution in [0.2, 0.25) is 0 Å². The van der Waals surface area contributed by atoms with Crippen molar-refractivity contribution in [2.45, 2.75) is 6.92 Å². The molecule has 97 valence electrons. The standard InChI is InChI=1S/C17H18NO/c1-14-2-4-15(5-3-14)16-6-8-17(9-7-16)18-10-12-19-13-11-18/h2-6,8-9H,10-13H2,1H3. The van der Waals surface area contributed by atoms with Gasteiger partial charge >= 0.3 is 0 Å². The lowest BCUT2D eigenvalue weighted by Crippen LogP contribution is -2.36. The smallest absolute Gasteiger partial charge is 0.0642 e. The van der Waals surface area contributed by atoms with Crippen LogP contribution in [0.4, 0.5) is 5.69 Å². The van der Waals surface area contributed by atoms with E-state index in [0.29, 0.717) is 0 Å². The molecule has 0 saturated carbocycles. The number of ether oxygens (including phenoxy) is 1. The van der Waals surface area contributed by atoms with Crippen LogP contribution in [0.1, 0.15) is 5.56 Å². The molecule has 0 aliphatic carbocycles. The van der Waals surface area contributed by atoms with E-state index in [1.54, 1.807) is 0 Å². The van der Waals surface area contributed by atoms with Crippen LogP contribution in [0, 0.1) is 13.0 Å². The summed E-state index contributed by atoms with van der Waals surface area (Å²) >= 11 is 0. The highest BCUT2D eigenvalue weighted by molar-refractivity contribution is 5.66. The van der Waals surface area contributed by atoms with Gasteiger partial charge in [0.2, 0.25) is 0 Å². The molecular weight excluding hydrogens is 234 g/mol. The van der Waals surface area contributed by atoms with Crippen molar-refractivity contribution < 1.29 is 4.74 Å². The number of hydrogen-bond acceptors (Lipinski definition) is 2. The molecule has 19 heavy (non-hydrogen) atoms. The van der Waals surface area contributed by atoms with E-state index < -0.39 is 0 Å². The normalized spacial score (nSPS) is 15.5. The molecule has 0 aromatic heterocycles. The maximum Gasteiger partial charge on any atom is 0.0642 e. The Balaban J connectivity index is 1.80. The van der Waals surface area contributed by atoms with Crippen molar-refractivity contribution in [3.05, 3.63) is 54.1 Å². The average molecular weight is 252 g/mol. The van der Waals surface area contributed by atoms with E-state index in [-0.39, 0.29) is 0 Å². The Hall–Kier alpha value is -1.80. The zero-order chi connectivity index (χ0) is 13.1. The van der Waals surface area contributed by atoms with Gasteiger partial charge in [-0.15, -0.1) is 0 Å². The van der Waals surface area contributed by atoms with Crippen LogP contribution in [0.25, 0.3) is 11.1 Å². The second-order valence-electron chi connectivity index (χ2n) is 4.93. The van der Waals surface area contributed by atoms with Crippen LogP contribution >= 0.6 is 0 Å². The number of hydrogen-bond donors (Lipinski definition) is 0. The minimum Gasteiger partial charge on any atom is -0.378 e. The molecule has 1 saturated heterocycles. The fraction of sp³-hybridized carbons (Fsp3) is 0.294. The Morgan fingerprint density at radius 2 is 1.74 bits per heavy atom. The summed E-state index contributed by atoms with van der Waals surface area (Å²) in [6.07, 6.45) is 0. The topological polar surface area (TPSA) is 12.5 Å². The fourth-order valence-corrected chi connectivity index (χ4v) is 2.35. The van der Waals surface area contributed by atoms with Gasteiger partial charge in [-0.05, 0) is 36.2 Å². The number of rotatable bonds is 2. The lowest BCUT2D eigenvalue weighted by molar-refractivity contribution is 0.122. The largest absolute Gasteiger partial charge is 0.378 e. The summed E-state index contributed by atoms with van der Waals surface area (Å²) < 4.78 is 5.37. The van der Waals surface area contributed by atoms with Gasteiger partial charge in [0.05, 0.1) is 13.2 Å². The molecule has 2 nitrogen and oxygen atoms in total. The van der Waals surface area contributed by atoms with Crippen molar-refractivity contribution in [1.29, 1.82) is 0 Å². The molecule has 0 atom stereocenters. The summed E-state index contributed by atoms with van der Waals surface area (Å²) in [6.45, 7) is 5.68. The lowest BCUT2D eigenvalue weighted by Gasteiger charge is -2.28. The van der Waals surface area contributed by atoms with Gasteiger partial charge < -0.3 is 9.64 Å². The monoisotopic (exact) mass is 252 g/mol. The first-order valence-corrected chi connectivity index (χ1v) is 6.74. The SMILES string of the molecule is Cc1ccc(-c2[c]cc(N3CCOCC3)cc2)cc1. The van der Waals surface area contributed by atoms with Gasteiger partial charge in [-0.25, -0.2) is 0 Å². The first kappa shape index (κ1) is 12.2. The van der Waals surface area contributed by atoms with E-state index in [1.807, 2.05) is 0 Å². The summed E-state index contributed by atoms with van der Waals surface area (Å²) in [6, 6.07) is 18.4. The van der Waals surface area contributed by atoms with E-state index >= 15 is 0 Å². The second kappa shape index (κ2) is 5.45. The van der Waals surface area contributed by atoms with Gasteiger partial charge in [0.15, 0.2) is 0 Å². The number of nitrogens with zero attached hydrogens (tertiary/aromatic N) is 1. The maximum atomic E-state index is 5.37. The molecule has 1 aliphatic rings. The average Bonchev–Trinajstić information content (AvgIpc) is 2.49. The molecule has 0 amide bonds. The number of benzene rings is 2. The molecule has 3 rings (SSSR count). The van der Waals surface area contributed by atoms with Crippen molar-refractivity contribution in [2.24, 2.45) is 0 Å². The van der Waals surface area contributed by atoms with E-state index in [4.69, 9.17) is 4.74 Å². The first-order valence-electron chi connectivity index (χ1n) is 6.74. The van der Waals surface area contributed by atoms with Gasteiger partial charge in [0.25, 0.3) is 0 Å². The third kappa shape index (κ3) is 2.79. The fourth-order valence-electron chi connectivity index (χ4n) is 2.35. The zero-order valence-corrected chi connectivity index (χ0v) is 11.2. The van der Waals surface area contributed by atoms with Crippen molar-refractivity contribution in [3.63, 3.8) is 0 Å². The highest BCUT2D eigenvalue weighted by Gasteiger charge is 2.10. The first-order chi connectivity index (χ1) is 9.33. The van der Waals surface area contributed by atoms with E-state index in [2.05, 4.69) is 60.4 Å². The Bertz CT molecular complexity index is 524. The minimum atomic E-state index is 0.819. The van der Waals surface area contributed by atoms with Crippen LogP contribution in [0.3, 0.4) is 0 Å². The third-order valence-corrected chi connectivity index (χ3v) is 3.54. The quantitative estimate of drug-likeness (QED) is 0.813. The highest BCUT2D eigenvalue weighted by Crippen LogP contribution is 2.23. The highest BCUT2D eigenvalue weighted by atomic mass is 16.5. The Kier molecular flexibility index (Phi) is 3.51. The minimum absolute atomic E-state index is 0.819. The van der Waals surface area contributed by atoms with E-state index in [9.17, 15) is 0 Å². The second-order valence-corrected chi connectivity index (χ2v) is 4.93. The van der Waals surface area contributed by atoms with Crippen LogP contribution in [0.5, 0.6) is 0 Å². The van der Waals surface area contributed by atoms with Crippen molar-refractivity contribution in [2.75, 3.05) is 31.2 Å². The molecular formula is C17H18NO. The van der Waals surface area contributed by atoms with Crippen LogP contribution in [-0.2, 0) is 4.74 Å². The van der Waals surface area contributed by atoms with Crippen molar-refractivity contribution in [1.82, 2.24) is 0 Å². The van der Waals surface area contributed by atoms with E-state index in [1.165, 1.54) is 16.8 Å². The van der Waals surface area contributed by atoms with Crippen LogP contribution < -0.4 is 4.90 Å². The molecule has 0 bridgehead atoms. The molecule has 2 aromatic carbocycles. The molecule has 2 aromatic rings. The molecule has 1 aliphatic heterocycles. The predicted molar refractivity (Wildman–Crippen MR) is 78.5 cm³/mol.